The Morgan fingerprint density at radius 1 is 1.25 bits per heavy atom. The van der Waals surface area contributed by atoms with Crippen LogP contribution in [0.2, 0.25) is 0 Å². The third-order valence-electron chi connectivity index (χ3n) is 3.86. The second-order valence-corrected chi connectivity index (χ2v) is 6.52. The maximum absolute atomic E-state index is 13.3. The lowest BCUT2D eigenvalue weighted by Crippen LogP contribution is -2.35. The van der Waals surface area contributed by atoms with Crippen molar-refractivity contribution in [3.8, 4) is 0 Å². The molecule has 1 aliphatic rings. The van der Waals surface area contributed by atoms with Gasteiger partial charge in [-0.2, -0.15) is 5.10 Å². The minimum absolute atomic E-state index is 0.00915. The molecule has 0 unspecified atom stereocenters. The molecule has 108 valence electrons. The van der Waals surface area contributed by atoms with E-state index in [-0.39, 0.29) is 5.41 Å². The molecule has 5 heteroatoms. The van der Waals surface area contributed by atoms with Crippen molar-refractivity contribution >= 4 is 11.3 Å². The number of aromatic nitrogens is 3. The summed E-state index contributed by atoms with van der Waals surface area (Å²) in [6.45, 7) is 7.90. The van der Waals surface area contributed by atoms with Crippen LogP contribution in [0.1, 0.15) is 39.3 Å². The number of halogens is 1. The van der Waals surface area contributed by atoms with Crippen molar-refractivity contribution in [1.29, 1.82) is 0 Å². The Kier molecular flexibility index (Phi) is 3.15. The minimum atomic E-state index is -0.666. The molecule has 0 spiro atoms. The first-order valence-corrected chi connectivity index (χ1v) is 7.19. The average Bonchev–Trinajstić information content (AvgIpc) is 2.83. The largest absolute Gasteiger partial charge is 0.355 e. The summed E-state index contributed by atoms with van der Waals surface area (Å²) in [6, 6.07) is 2.10. The molecule has 0 radical (unpaired) electrons. The molecule has 1 aliphatic heterocycles. The van der Waals surface area contributed by atoms with E-state index >= 15 is 0 Å². The summed E-state index contributed by atoms with van der Waals surface area (Å²) in [5, 5.41) is 4.63. The number of anilines is 1. The van der Waals surface area contributed by atoms with Crippen LogP contribution in [0.25, 0.3) is 5.52 Å². The smallest absolute Gasteiger partial charge is 0.154 e. The molecular formula is C15H21FN4. The normalized spacial score (nSPS) is 17.9. The molecule has 2 aromatic rings. The van der Waals surface area contributed by atoms with E-state index < -0.39 is 6.17 Å². The molecule has 3 rings (SSSR count). The van der Waals surface area contributed by atoms with E-state index in [1.807, 2.05) is 10.7 Å². The van der Waals surface area contributed by atoms with Crippen molar-refractivity contribution in [2.45, 2.75) is 45.2 Å². The Balaban J connectivity index is 2.01. The number of rotatable bonds is 1. The van der Waals surface area contributed by atoms with Gasteiger partial charge in [-0.15, -0.1) is 0 Å². The molecule has 20 heavy (non-hydrogen) atoms. The van der Waals surface area contributed by atoms with Gasteiger partial charge in [0.2, 0.25) is 0 Å². The van der Waals surface area contributed by atoms with Gasteiger partial charge >= 0.3 is 0 Å². The van der Waals surface area contributed by atoms with Crippen LogP contribution < -0.4 is 4.90 Å². The molecule has 2 aromatic heterocycles. The van der Waals surface area contributed by atoms with Crippen molar-refractivity contribution in [3.63, 3.8) is 0 Å². The van der Waals surface area contributed by atoms with Gasteiger partial charge in [-0.3, -0.25) is 0 Å². The summed E-state index contributed by atoms with van der Waals surface area (Å²) in [4.78, 5) is 6.66. The predicted molar refractivity (Wildman–Crippen MR) is 78.0 cm³/mol. The van der Waals surface area contributed by atoms with Gasteiger partial charge in [-0.05, 0) is 18.9 Å². The molecule has 0 amide bonds. The summed E-state index contributed by atoms with van der Waals surface area (Å²) in [6.07, 6.45) is 4.15. The maximum atomic E-state index is 13.3. The van der Waals surface area contributed by atoms with Crippen molar-refractivity contribution < 1.29 is 4.39 Å². The molecule has 0 saturated carbocycles. The van der Waals surface area contributed by atoms with Crippen LogP contribution in [0.3, 0.4) is 0 Å². The SMILES string of the molecule is CC(C)(C)c1cc2c(N3CCC(F)CC3)nccn2n1. The molecule has 1 saturated heterocycles. The Labute approximate surface area is 118 Å². The molecule has 0 aromatic carbocycles. The molecule has 3 heterocycles. The summed E-state index contributed by atoms with van der Waals surface area (Å²) >= 11 is 0. The van der Waals surface area contributed by atoms with Crippen molar-refractivity contribution in [3.05, 3.63) is 24.2 Å². The van der Waals surface area contributed by atoms with Gasteiger partial charge in [-0.1, -0.05) is 20.8 Å². The fraction of sp³-hybridized carbons (Fsp3) is 0.600. The van der Waals surface area contributed by atoms with Crippen LogP contribution in [0.15, 0.2) is 18.5 Å². The van der Waals surface area contributed by atoms with Gasteiger partial charge in [0.15, 0.2) is 5.82 Å². The van der Waals surface area contributed by atoms with E-state index in [1.165, 1.54) is 0 Å². The van der Waals surface area contributed by atoms with Crippen molar-refractivity contribution in [2.24, 2.45) is 0 Å². The van der Waals surface area contributed by atoms with Crippen LogP contribution in [-0.4, -0.2) is 33.9 Å². The van der Waals surface area contributed by atoms with Crippen LogP contribution in [0.5, 0.6) is 0 Å². The Hall–Kier alpha value is -1.65. The zero-order valence-electron chi connectivity index (χ0n) is 12.3. The second kappa shape index (κ2) is 4.72. The number of alkyl halides is 1. The van der Waals surface area contributed by atoms with Gasteiger partial charge in [-0.25, -0.2) is 13.9 Å². The molecule has 1 fully saturated rings. The summed E-state index contributed by atoms with van der Waals surface area (Å²) in [5.41, 5.74) is 2.07. The highest BCUT2D eigenvalue weighted by molar-refractivity contribution is 5.69. The van der Waals surface area contributed by atoms with Crippen molar-refractivity contribution in [1.82, 2.24) is 14.6 Å². The monoisotopic (exact) mass is 276 g/mol. The fourth-order valence-electron chi connectivity index (χ4n) is 2.58. The molecule has 0 atom stereocenters. The molecule has 0 bridgehead atoms. The van der Waals surface area contributed by atoms with E-state index in [4.69, 9.17) is 0 Å². The number of hydrogen-bond acceptors (Lipinski definition) is 3. The van der Waals surface area contributed by atoms with E-state index in [2.05, 4.69) is 41.8 Å². The summed E-state index contributed by atoms with van der Waals surface area (Å²) in [5.74, 6) is 0.919. The standard InChI is InChI=1S/C15H21FN4/c1-15(2,3)13-10-12-14(17-6-9-20(12)18-13)19-7-4-11(16)5-8-19/h6,9-11H,4-5,7-8H2,1-3H3. The van der Waals surface area contributed by atoms with Crippen molar-refractivity contribution in [2.75, 3.05) is 18.0 Å². The first-order chi connectivity index (χ1) is 9.45. The van der Waals surface area contributed by atoms with Gasteiger partial charge in [0, 0.05) is 30.9 Å². The Morgan fingerprint density at radius 2 is 1.95 bits per heavy atom. The molecule has 0 N–H and O–H groups in total. The highest BCUT2D eigenvalue weighted by Crippen LogP contribution is 2.28. The third-order valence-corrected chi connectivity index (χ3v) is 3.86. The number of piperidine rings is 1. The maximum Gasteiger partial charge on any atom is 0.154 e. The Morgan fingerprint density at radius 3 is 2.60 bits per heavy atom. The first-order valence-electron chi connectivity index (χ1n) is 7.19. The van der Waals surface area contributed by atoms with Gasteiger partial charge in [0.05, 0.1) is 5.69 Å². The summed E-state index contributed by atoms with van der Waals surface area (Å²) < 4.78 is 15.2. The van der Waals surface area contributed by atoms with E-state index in [0.717, 1.165) is 30.1 Å². The van der Waals surface area contributed by atoms with E-state index in [1.54, 1.807) is 6.20 Å². The van der Waals surface area contributed by atoms with Gasteiger partial charge in [0.1, 0.15) is 11.7 Å². The van der Waals surface area contributed by atoms with E-state index in [9.17, 15) is 4.39 Å². The average molecular weight is 276 g/mol. The van der Waals surface area contributed by atoms with Crippen LogP contribution >= 0.6 is 0 Å². The molecular weight excluding hydrogens is 255 g/mol. The predicted octanol–water partition coefficient (Wildman–Crippen LogP) is 2.97. The molecule has 0 aliphatic carbocycles. The zero-order valence-corrected chi connectivity index (χ0v) is 12.3. The topological polar surface area (TPSA) is 33.4 Å². The number of fused-ring (bicyclic) bond motifs is 1. The first kappa shape index (κ1) is 13.3. The fourth-order valence-corrected chi connectivity index (χ4v) is 2.58. The lowest BCUT2D eigenvalue weighted by molar-refractivity contribution is 0.277. The zero-order chi connectivity index (χ0) is 14.3. The lowest BCUT2D eigenvalue weighted by atomic mass is 9.92. The van der Waals surface area contributed by atoms with Crippen LogP contribution in [-0.2, 0) is 5.41 Å². The second-order valence-electron chi connectivity index (χ2n) is 6.52. The quantitative estimate of drug-likeness (QED) is 0.803. The third kappa shape index (κ3) is 2.37. The van der Waals surface area contributed by atoms with Crippen LogP contribution in [0, 0.1) is 0 Å². The van der Waals surface area contributed by atoms with Gasteiger partial charge < -0.3 is 4.90 Å². The minimum Gasteiger partial charge on any atom is -0.355 e. The molecule has 4 nitrogen and oxygen atoms in total. The Bertz CT molecular complexity index is 606. The summed E-state index contributed by atoms with van der Waals surface area (Å²) in [7, 11) is 0. The van der Waals surface area contributed by atoms with Crippen LogP contribution in [0.4, 0.5) is 10.2 Å². The highest BCUT2D eigenvalue weighted by Gasteiger charge is 2.23. The van der Waals surface area contributed by atoms with Gasteiger partial charge in [0.25, 0.3) is 0 Å². The lowest BCUT2D eigenvalue weighted by Gasteiger charge is -2.29. The van der Waals surface area contributed by atoms with E-state index in [0.29, 0.717) is 12.8 Å². The number of hydrogen-bond donors (Lipinski definition) is 0. The number of nitrogens with zero attached hydrogens (tertiary/aromatic N) is 4. The highest BCUT2D eigenvalue weighted by atomic mass is 19.1.